The molecular weight excluding hydrogens is 430 g/mol. The molecule has 0 aromatic heterocycles. The summed E-state index contributed by atoms with van der Waals surface area (Å²) in [5, 5.41) is 23.6. The first-order valence-corrected chi connectivity index (χ1v) is 10.8. The van der Waals surface area contributed by atoms with Crippen LogP contribution in [0.15, 0.2) is 91.0 Å². The van der Waals surface area contributed by atoms with Gasteiger partial charge in [0, 0.05) is 36.6 Å². The summed E-state index contributed by atoms with van der Waals surface area (Å²) >= 11 is 0. The van der Waals surface area contributed by atoms with Gasteiger partial charge in [-0.05, 0) is 52.6 Å². The molecule has 0 amide bonds. The predicted octanol–water partition coefficient (Wildman–Crippen LogP) is 6.22. The minimum absolute atomic E-state index is 0.144. The Balaban J connectivity index is 1.34. The Kier molecular flexibility index (Phi) is 5.43. The van der Waals surface area contributed by atoms with Crippen LogP contribution in [0.3, 0.4) is 0 Å². The molecule has 0 saturated heterocycles. The molecule has 0 spiro atoms. The summed E-state index contributed by atoms with van der Waals surface area (Å²) in [6.45, 7) is 1.53. The van der Waals surface area contributed by atoms with Crippen molar-refractivity contribution in [2.45, 2.75) is 13.1 Å². The van der Waals surface area contributed by atoms with E-state index in [-0.39, 0.29) is 11.3 Å². The van der Waals surface area contributed by atoms with Crippen molar-refractivity contribution in [2.24, 2.45) is 0 Å². The van der Waals surface area contributed by atoms with Crippen molar-refractivity contribution in [1.29, 1.82) is 0 Å². The molecule has 1 aliphatic rings. The molecule has 0 bridgehead atoms. The number of carboxylic acids is 1. The third-order valence-corrected chi connectivity index (χ3v) is 5.99. The van der Waals surface area contributed by atoms with E-state index in [4.69, 9.17) is 0 Å². The molecule has 5 rings (SSSR count). The fraction of sp³-hybridized carbons (Fsp3) is 0.0741. The number of carbonyl (C=O) groups is 1. The normalized spacial score (nSPS) is 12.3. The average Bonchev–Trinajstić information content (AvgIpc) is 3.28. The molecule has 0 saturated carbocycles. The van der Waals surface area contributed by atoms with E-state index in [2.05, 4.69) is 46.6 Å². The van der Waals surface area contributed by atoms with Crippen LogP contribution in [0.1, 0.15) is 21.5 Å². The van der Waals surface area contributed by atoms with Crippen LogP contribution in [0.4, 0.5) is 22.7 Å². The van der Waals surface area contributed by atoms with Gasteiger partial charge >= 0.3 is 5.97 Å². The van der Waals surface area contributed by atoms with Crippen LogP contribution in [0.2, 0.25) is 0 Å². The summed E-state index contributed by atoms with van der Waals surface area (Å²) in [6, 6.07) is 28.5. The van der Waals surface area contributed by atoms with E-state index >= 15 is 0 Å². The third-order valence-electron chi connectivity index (χ3n) is 5.99. The number of carboxylic acid groups (broad SMARTS) is 1. The van der Waals surface area contributed by atoms with Gasteiger partial charge in [0.2, 0.25) is 0 Å². The quantitative estimate of drug-likeness (QED) is 0.267. The summed E-state index contributed by atoms with van der Waals surface area (Å²) < 4.78 is 0. The van der Waals surface area contributed by atoms with Gasteiger partial charge in [-0.3, -0.25) is 10.1 Å². The summed E-state index contributed by atoms with van der Waals surface area (Å²) in [6.07, 6.45) is 0. The predicted molar refractivity (Wildman–Crippen MR) is 132 cm³/mol. The minimum Gasteiger partial charge on any atom is -0.478 e. The molecule has 7 heteroatoms. The number of nitro groups is 1. The first-order valence-electron chi connectivity index (χ1n) is 10.8. The van der Waals surface area contributed by atoms with Crippen molar-refractivity contribution in [1.82, 2.24) is 0 Å². The van der Waals surface area contributed by atoms with E-state index in [9.17, 15) is 20.0 Å². The van der Waals surface area contributed by atoms with Crippen molar-refractivity contribution in [2.75, 3.05) is 10.2 Å². The Morgan fingerprint density at radius 1 is 0.853 bits per heavy atom. The molecule has 4 aromatic rings. The van der Waals surface area contributed by atoms with Crippen LogP contribution in [0.25, 0.3) is 11.1 Å². The second-order valence-electron chi connectivity index (χ2n) is 8.17. The smallest absolute Gasteiger partial charge is 0.338 e. The number of fused-ring (bicyclic) bond motifs is 1. The molecular formula is C27H21N3O4. The first-order chi connectivity index (χ1) is 16.5. The number of non-ortho nitro benzene ring substituents is 1. The molecule has 4 aromatic carbocycles. The summed E-state index contributed by atoms with van der Waals surface area (Å²) in [5.41, 5.74) is 6.48. The van der Waals surface area contributed by atoms with Crippen LogP contribution < -0.4 is 10.2 Å². The SMILES string of the molecule is O=C(O)c1cc([N+](=O)[O-])ccc1Nc1ccc2c(c1)CN(c1ccc(-c3ccccc3)cc1)C2. The lowest BCUT2D eigenvalue weighted by atomic mass is 10.1. The molecule has 0 atom stereocenters. The number of nitrogens with zero attached hydrogens (tertiary/aromatic N) is 2. The molecule has 0 unspecified atom stereocenters. The Hall–Kier alpha value is -4.65. The molecule has 0 aliphatic carbocycles. The highest BCUT2D eigenvalue weighted by Gasteiger charge is 2.21. The van der Waals surface area contributed by atoms with E-state index in [1.165, 1.54) is 28.8 Å². The van der Waals surface area contributed by atoms with Crippen LogP contribution in [0.5, 0.6) is 0 Å². The Morgan fingerprint density at radius 2 is 1.56 bits per heavy atom. The number of hydrogen-bond donors (Lipinski definition) is 2. The monoisotopic (exact) mass is 451 g/mol. The summed E-state index contributed by atoms with van der Waals surface area (Å²) in [5.74, 6) is -1.22. The molecule has 1 heterocycles. The number of nitro benzene ring substituents is 1. The van der Waals surface area contributed by atoms with Crippen molar-refractivity contribution >= 4 is 28.7 Å². The number of nitrogens with one attached hydrogen (secondary N) is 1. The number of aromatic carboxylic acids is 1. The van der Waals surface area contributed by atoms with Gasteiger partial charge in [-0.2, -0.15) is 0 Å². The van der Waals surface area contributed by atoms with Gasteiger partial charge in [0.15, 0.2) is 0 Å². The van der Waals surface area contributed by atoms with Gasteiger partial charge in [0.25, 0.3) is 5.69 Å². The van der Waals surface area contributed by atoms with Crippen molar-refractivity contribution < 1.29 is 14.8 Å². The lowest BCUT2D eigenvalue weighted by Gasteiger charge is -2.18. The number of rotatable bonds is 6. The lowest BCUT2D eigenvalue weighted by molar-refractivity contribution is -0.384. The summed E-state index contributed by atoms with van der Waals surface area (Å²) in [7, 11) is 0. The van der Waals surface area contributed by atoms with Crippen molar-refractivity contribution in [3.63, 3.8) is 0 Å². The number of benzene rings is 4. The van der Waals surface area contributed by atoms with Crippen molar-refractivity contribution in [3.8, 4) is 11.1 Å². The highest BCUT2D eigenvalue weighted by molar-refractivity contribution is 5.96. The van der Waals surface area contributed by atoms with Crippen LogP contribution in [-0.2, 0) is 13.1 Å². The lowest BCUT2D eigenvalue weighted by Crippen LogP contribution is -2.14. The number of hydrogen-bond acceptors (Lipinski definition) is 5. The molecule has 168 valence electrons. The maximum absolute atomic E-state index is 11.6. The molecule has 7 nitrogen and oxygen atoms in total. The van der Waals surface area contributed by atoms with Gasteiger partial charge < -0.3 is 15.3 Å². The fourth-order valence-corrected chi connectivity index (χ4v) is 4.24. The van der Waals surface area contributed by atoms with Gasteiger partial charge in [0.05, 0.1) is 16.2 Å². The zero-order valence-corrected chi connectivity index (χ0v) is 18.1. The van der Waals surface area contributed by atoms with Crippen molar-refractivity contribution in [3.05, 3.63) is 118 Å². The average molecular weight is 451 g/mol. The molecule has 0 fully saturated rings. The highest BCUT2D eigenvalue weighted by Crippen LogP contribution is 2.33. The van der Waals surface area contributed by atoms with Gasteiger partial charge in [-0.1, -0.05) is 48.5 Å². The zero-order chi connectivity index (χ0) is 23.7. The van der Waals surface area contributed by atoms with Gasteiger partial charge in [0.1, 0.15) is 0 Å². The van der Waals surface area contributed by atoms with Gasteiger partial charge in [-0.25, -0.2) is 4.79 Å². The van der Waals surface area contributed by atoms with E-state index in [1.54, 1.807) is 0 Å². The van der Waals surface area contributed by atoms with E-state index in [0.29, 0.717) is 5.69 Å². The Morgan fingerprint density at radius 3 is 2.26 bits per heavy atom. The van der Waals surface area contributed by atoms with E-state index in [0.717, 1.165) is 36.1 Å². The molecule has 2 N–H and O–H groups in total. The third kappa shape index (κ3) is 4.19. The van der Waals surface area contributed by atoms with Crippen LogP contribution in [0, 0.1) is 10.1 Å². The maximum Gasteiger partial charge on any atom is 0.338 e. The standard InChI is InChI=1S/C27H21N3O4/c31-27(32)25-15-24(30(33)34)12-13-26(25)28-22-9-6-20-16-29(17-21(20)14-22)23-10-7-19(8-11-23)18-4-2-1-3-5-18/h1-15,28H,16-17H2,(H,31,32). The minimum atomic E-state index is -1.22. The Bertz CT molecular complexity index is 1390. The van der Waals surface area contributed by atoms with Crippen LogP contribution >= 0.6 is 0 Å². The van der Waals surface area contributed by atoms with E-state index in [1.807, 2.05) is 36.4 Å². The Labute approximate surface area is 196 Å². The van der Waals surface area contributed by atoms with E-state index < -0.39 is 10.9 Å². The summed E-state index contributed by atoms with van der Waals surface area (Å²) in [4.78, 5) is 24.3. The van der Waals surface area contributed by atoms with Crippen LogP contribution in [-0.4, -0.2) is 16.0 Å². The second-order valence-corrected chi connectivity index (χ2v) is 8.17. The molecule has 1 aliphatic heterocycles. The molecule has 34 heavy (non-hydrogen) atoms. The fourth-order valence-electron chi connectivity index (χ4n) is 4.24. The number of anilines is 3. The second kappa shape index (κ2) is 8.71. The van der Waals surface area contributed by atoms with Gasteiger partial charge in [-0.15, -0.1) is 0 Å². The zero-order valence-electron chi connectivity index (χ0n) is 18.1. The highest BCUT2D eigenvalue weighted by atomic mass is 16.6. The maximum atomic E-state index is 11.6. The first kappa shape index (κ1) is 21.2. The largest absolute Gasteiger partial charge is 0.478 e. The molecule has 0 radical (unpaired) electrons. The topological polar surface area (TPSA) is 95.7 Å².